The molecule has 2 heteroatoms. The van der Waals surface area contributed by atoms with E-state index in [1.54, 1.807) is 0 Å². The highest BCUT2D eigenvalue weighted by molar-refractivity contribution is 7.73. The van der Waals surface area contributed by atoms with E-state index in [1.165, 1.54) is 6.29 Å². The van der Waals surface area contributed by atoms with Crippen molar-refractivity contribution in [1.29, 1.82) is 0 Å². The smallest absolute Gasteiger partial charge is 0.108 e. The van der Waals surface area contributed by atoms with E-state index in [-0.39, 0.29) is 0 Å². The van der Waals surface area contributed by atoms with Gasteiger partial charge < -0.3 is 0 Å². The molecule has 0 aromatic heterocycles. The SMILES string of the molecule is CNC[P+](C)(C)C. The average Bonchev–Trinajstić information content (AvgIpc) is 1.30. The highest BCUT2D eigenvalue weighted by Gasteiger charge is 2.13. The van der Waals surface area contributed by atoms with Gasteiger partial charge in [-0.3, -0.25) is 5.32 Å². The van der Waals surface area contributed by atoms with Crippen LogP contribution in [0.4, 0.5) is 0 Å². The number of rotatable bonds is 2. The first-order valence-electron chi connectivity index (χ1n) is 2.51. The predicted octanol–water partition coefficient (Wildman–Crippen LogP) is 1.07. The second-order valence-electron chi connectivity index (χ2n) is 2.80. The molecular weight excluding hydrogens is 105 g/mol. The van der Waals surface area contributed by atoms with Crippen LogP contribution in [0, 0.1) is 0 Å². The molecule has 0 atom stereocenters. The third-order valence-corrected chi connectivity index (χ3v) is 1.90. The molecule has 44 valence electrons. The van der Waals surface area contributed by atoms with Gasteiger partial charge in [-0.2, -0.15) is 0 Å². The van der Waals surface area contributed by atoms with E-state index in [4.69, 9.17) is 0 Å². The van der Waals surface area contributed by atoms with Gasteiger partial charge in [-0.1, -0.05) is 0 Å². The van der Waals surface area contributed by atoms with Crippen molar-refractivity contribution in [3.63, 3.8) is 0 Å². The van der Waals surface area contributed by atoms with E-state index < -0.39 is 7.26 Å². The standard InChI is InChI=1S/C5H15NP/c1-6-5-7(2,3)4/h6H,5H2,1-4H3/q+1. The van der Waals surface area contributed by atoms with Gasteiger partial charge in [0.2, 0.25) is 0 Å². The van der Waals surface area contributed by atoms with Crippen molar-refractivity contribution in [1.82, 2.24) is 5.32 Å². The molecule has 0 radical (unpaired) electrons. The Bertz CT molecular complexity index is 46.5. The van der Waals surface area contributed by atoms with Gasteiger partial charge in [0.1, 0.15) is 6.29 Å². The van der Waals surface area contributed by atoms with Crippen molar-refractivity contribution in [3.8, 4) is 0 Å². The Morgan fingerprint density at radius 2 is 1.71 bits per heavy atom. The van der Waals surface area contributed by atoms with Crippen molar-refractivity contribution in [2.24, 2.45) is 0 Å². The average molecular weight is 120 g/mol. The molecule has 7 heavy (non-hydrogen) atoms. The van der Waals surface area contributed by atoms with Gasteiger partial charge in [-0.05, 0) is 7.05 Å². The molecule has 0 spiro atoms. The molecule has 0 aromatic carbocycles. The summed E-state index contributed by atoms with van der Waals surface area (Å²) in [5.74, 6) is 0. The van der Waals surface area contributed by atoms with Crippen LogP contribution in [0.25, 0.3) is 0 Å². The minimum absolute atomic E-state index is 0.527. The Balaban J connectivity index is 3.15. The highest BCUT2D eigenvalue weighted by atomic mass is 31.2. The first kappa shape index (κ1) is 7.39. The van der Waals surface area contributed by atoms with E-state index in [9.17, 15) is 0 Å². The summed E-state index contributed by atoms with van der Waals surface area (Å²) in [6.07, 6.45) is 1.20. The molecule has 0 aliphatic heterocycles. The van der Waals surface area contributed by atoms with Gasteiger partial charge in [0.05, 0.1) is 0 Å². The lowest BCUT2D eigenvalue weighted by Gasteiger charge is -2.08. The largest absolute Gasteiger partial charge is 0.288 e. The molecule has 0 unspecified atom stereocenters. The third kappa shape index (κ3) is 6.39. The van der Waals surface area contributed by atoms with Crippen molar-refractivity contribution < 1.29 is 0 Å². The van der Waals surface area contributed by atoms with Crippen LogP contribution in [0.2, 0.25) is 0 Å². The lowest BCUT2D eigenvalue weighted by Crippen LogP contribution is -2.10. The third-order valence-electron chi connectivity index (χ3n) is 0.632. The van der Waals surface area contributed by atoms with E-state index in [0.717, 1.165) is 0 Å². The minimum atomic E-state index is -0.527. The van der Waals surface area contributed by atoms with Crippen LogP contribution >= 0.6 is 7.26 Å². The van der Waals surface area contributed by atoms with E-state index in [1.807, 2.05) is 7.05 Å². The Labute approximate surface area is 46.8 Å². The van der Waals surface area contributed by atoms with Gasteiger partial charge in [0.25, 0.3) is 0 Å². The normalized spacial score (nSPS) is 12.0. The molecule has 0 aromatic rings. The van der Waals surface area contributed by atoms with Crippen LogP contribution in [-0.4, -0.2) is 33.3 Å². The summed E-state index contributed by atoms with van der Waals surface area (Å²) in [5, 5.41) is 3.16. The molecule has 0 rings (SSSR count). The highest BCUT2D eigenvalue weighted by Crippen LogP contribution is 2.44. The summed E-state index contributed by atoms with van der Waals surface area (Å²) in [5.41, 5.74) is 0. The number of nitrogens with one attached hydrogen (secondary N) is 1. The first-order valence-corrected chi connectivity index (χ1v) is 5.83. The first-order chi connectivity index (χ1) is 3.06. The van der Waals surface area contributed by atoms with E-state index in [2.05, 4.69) is 25.3 Å². The topological polar surface area (TPSA) is 12.0 Å². The summed E-state index contributed by atoms with van der Waals surface area (Å²) in [4.78, 5) is 0. The summed E-state index contributed by atoms with van der Waals surface area (Å²) >= 11 is 0. The molecule has 0 fully saturated rings. The van der Waals surface area contributed by atoms with Crippen LogP contribution in [-0.2, 0) is 0 Å². The monoisotopic (exact) mass is 120 g/mol. The Morgan fingerprint density at radius 3 is 1.71 bits per heavy atom. The van der Waals surface area contributed by atoms with Gasteiger partial charge in [0, 0.05) is 27.3 Å². The van der Waals surface area contributed by atoms with Crippen LogP contribution in [0.1, 0.15) is 0 Å². The van der Waals surface area contributed by atoms with Crippen LogP contribution in [0.5, 0.6) is 0 Å². The summed E-state index contributed by atoms with van der Waals surface area (Å²) in [7, 11) is 1.48. The number of hydrogen-bond donors (Lipinski definition) is 1. The van der Waals surface area contributed by atoms with Gasteiger partial charge in [-0.25, -0.2) is 0 Å². The van der Waals surface area contributed by atoms with Gasteiger partial charge in [0.15, 0.2) is 0 Å². The molecule has 0 amide bonds. The maximum Gasteiger partial charge on any atom is 0.108 e. The summed E-state index contributed by atoms with van der Waals surface area (Å²) in [6.45, 7) is 6.97. The Morgan fingerprint density at radius 1 is 1.29 bits per heavy atom. The Kier molecular flexibility index (Phi) is 2.78. The quantitative estimate of drug-likeness (QED) is 0.537. The van der Waals surface area contributed by atoms with Crippen molar-refractivity contribution in [3.05, 3.63) is 0 Å². The zero-order valence-electron chi connectivity index (χ0n) is 5.65. The lowest BCUT2D eigenvalue weighted by molar-refractivity contribution is 0.969. The fourth-order valence-electron chi connectivity index (χ4n) is 0.474. The molecule has 0 aliphatic carbocycles. The van der Waals surface area contributed by atoms with E-state index >= 15 is 0 Å². The molecule has 1 nitrogen and oxygen atoms in total. The zero-order valence-corrected chi connectivity index (χ0v) is 6.55. The maximum absolute atomic E-state index is 3.16. The molecule has 0 saturated heterocycles. The zero-order chi connectivity index (χ0) is 5.91. The van der Waals surface area contributed by atoms with Crippen molar-refractivity contribution >= 4 is 7.26 Å². The van der Waals surface area contributed by atoms with Crippen LogP contribution in [0.3, 0.4) is 0 Å². The van der Waals surface area contributed by atoms with Crippen molar-refractivity contribution in [2.75, 3.05) is 33.3 Å². The Hall–Kier alpha value is 0.390. The molecule has 0 aliphatic rings. The number of hydrogen-bond acceptors (Lipinski definition) is 1. The molecule has 0 heterocycles. The van der Waals surface area contributed by atoms with Crippen LogP contribution < -0.4 is 5.32 Å². The van der Waals surface area contributed by atoms with Gasteiger partial charge in [-0.15, -0.1) is 0 Å². The van der Waals surface area contributed by atoms with Gasteiger partial charge >= 0.3 is 0 Å². The minimum Gasteiger partial charge on any atom is -0.288 e. The molecule has 1 N–H and O–H groups in total. The fourth-order valence-corrected chi connectivity index (χ4v) is 1.42. The van der Waals surface area contributed by atoms with Crippen LogP contribution in [0.15, 0.2) is 0 Å². The second kappa shape index (κ2) is 2.64. The van der Waals surface area contributed by atoms with E-state index in [0.29, 0.717) is 0 Å². The molecule has 0 saturated carbocycles. The summed E-state index contributed by atoms with van der Waals surface area (Å²) < 4.78 is 0. The lowest BCUT2D eigenvalue weighted by atomic mass is 11.3. The molecular formula is C5H15NP+. The maximum atomic E-state index is 3.16. The fraction of sp³-hybridized carbons (Fsp3) is 1.00. The predicted molar refractivity (Wildman–Crippen MR) is 38.6 cm³/mol. The molecule has 0 bridgehead atoms. The van der Waals surface area contributed by atoms with Crippen molar-refractivity contribution in [2.45, 2.75) is 0 Å². The summed E-state index contributed by atoms with van der Waals surface area (Å²) in [6, 6.07) is 0. The second-order valence-corrected chi connectivity index (χ2v) is 7.70.